The number of rotatable bonds is 6. The highest BCUT2D eigenvalue weighted by molar-refractivity contribution is 5.89. The number of aromatic nitrogens is 1. The number of fused-ring (bicyclic) bond motifs is 1. The first-order valence-electron chi connectivity index (χ1n) is 11.1. The van der Waals surface area contributed by atoms with Crippen LogP contribution in [-0.4, -0.2) is 42.2 Å². The number of nitrogens with one attached hydrogen (secondary N) is 1. The highest BCUT2D eigenvalue weighted by Gasteiger charge is 2.31. The minimum atomic E-state index is -0.302. The fraction of sp³-hybridized carbons (Fsp3) is 0.423. The van der Waals surface area contributed by atoms with Gasteiger partial charge >= 0.3 is 5.97 Å². The van der Waals surface area contributed by atoms with Crippen LogP contribution in [0.4, 0.5) is 0 Å². The molecule has 31 heavy (non-hydrogen) atoms. The number of methoxy groups -OCH3 is 1. The highest BCUT2D eigenvalue weighted by Crippen LogP contribution is 2.36. The van der Waals surface area contributed by atoms with Gasteiger partial charge in [-0.15, -0.1) is 0 Å². The smallest absolute Gasteiger partial charge is 0.337 e. The van der Waals surface area contributed by atoms with Crippen molar-refractivity contribution in [2.45, 2.75) is 52.3 Å². The molecule has 1 aliphatic rings. The lowest BCUT2D eigenvalue weighted by atomic mass is 9.91. The SMILES string of the molecule is CCO[C@H]1CCN(Cc2c(C)cc(C)c3[nH]ccc23)[C@H](c2ccc(C(=O)OC)cc2)C1. The number of esters is 1. The predicted molar refractivity (Wildman–Crippen MR) is 123 cm³/mol. The molecule has 1 aromatic heterocycles. The second-order valence-corrected chi connectivity index (χ2v) is 8.46. The Hall–Kier alpha value is -2.63. The first kappa shape index (κ1) is 21.6. The fourth-order valence-corrected chi connectivity index (χ4v) is 4.92. The van der Waals surface area contributed by atoms with Crippen molar-refractivity contribution in [2.75, 3.05) is 20.3 Å². The van der Waals surface area contributed by atoms with Crippen molar-refractivity contribution in [1.29, 1.82) is 0 Å². The maximum absolute atomic E-state index is 11.9. The van der Waals surface area contributed by atoms with Gasteiger partial charge in [0.15, 0.2) is 0 Å². The van der Waals surface area contributed by atoms with Crippen LogP contribution >= 0.6 is 0 Å². The summed E-state index contributed by atoms with van der Waals surface area (Å²) in [5, 5.41) is 1.31. The normalized spacial score (nSPS) is 19.6. The maximum atomic E-state index is 11.9. The standard InChI is InChI=1S/C26H32N2O3/c1-5-31-21-11-13-28(16-23-17(2)14-18(3)25-22(23)10-12-27-25)24(15-21)19-6-8-20(9-7-19)26(29)30-4/h6-10,12,14,21,24,27H,5,11,13,15-16H2,1-4H3/t21-,24-/m0/s1. The molecule has 5 nitrogen and oxygen atoms in total. The lowest BCUT2D eigenvalue weighted by molar-refractivity contribution is -0.0137. The molecule has 4 rings (SSSR count). The summed E-state index contributed by atoms with van der Waals surface area (Å²) >= 11 is 0. The Morgan fingerprint density at radius 2 is 1.94 bits per heavy atom. The number of aromatic amines is 1. The molecule has 0 bridgehead atoms. The van der Waals surface area contributed by atoms with Gasteiger partial charge in [-0.05, 0) is 74.1 Å². The third-order valence-corrected chi connectivity index (χ3v) is 6.52. The molecule has 0 radical (unpaired) electrons. The van der Waals surface area contributed by atoms with Gasteiger partial charge in [0.1, 0.15) is 0 Å². The Balaban J connectivity index is 1.65. The molecule has 0 unspecified atom stereocenters. The molecule has 2 aromatic carbocycles. The number of ether oxygens (including phenoxy) is 2. The van der Waals surface area contributed by atoms with Crippen molar-refractivity contribution in [3.63, 3.8) is 0 Å². The summed E-state index contributed by atoms with van der Waals surface area (Å²) in [5.41, 5.74) is 7.02. The number of benzene rings is 2. The summed E-state index contributed by atoms with van der Waals surface area (Å²) in [7, 11) is 1.41. The van der Waals surface area contributed by atoms with E-state index in [9.17, 15) is 4.79 Å². The maximum Gasteiger partial charge on any atom is 0.337 e. The first-order chi connectivity index (χ1) is 15.0. The Morgan fingerprint density at radius 3 is 2.65 bits per heavy atom. The van der Waals surface area contributed by atoms with Gasteiger partial charge in [-0.25, -0.2) is 4.79 Å². The number of hydrogen-bond donors (Lipinski definition) is 1. The summed E-state index contributed by atoms with van der Waals surface area (Å²) in [4.78, 5) is 17.8. The van der Waals surface area contributed by atoms with Crippen molar-refractivity contribution in [2.24, 2.45) is 0 Å². The number of carbonyl (C=O) groups excluding carboxylic acids is 1. The van der Waals surface area contributed by atoms with Crippen LogP contribution in [0.15, 0.2) is 42.6 Å². The Bertz CT molecular complexity index is 1050. The van der Waals surface area contributed by atoms with Crippen LogP contribution in [-0.2, 0) is 16.0 Å². The van der Waals surface area contributed by atoms with Crippen molar-refractivity contribution in [3.05, 3.63) is 70.4 Å². The molecule has 0 amide bonds. The zero-order valence-electron chi connectivity index (χ0n) is 18.9. The van der Waals surface area contributed by atoms with E-state index in [0.29, 0.717) is 5.56 Å². The zero-order chi connectivity index (χ0) is 22.0. The molecule has 0 aliphatic carbocycles. The topological polar surface area (TPSA) is 54.6 Å². The van der Waals surface area contributed by atoms with E-state index >= 15 is 0 Å². The molecule has 0 saturated carbocycles. The van der Waals surface area contributed by atoms with Gasteiger partial charge in [0.2, 0.25) is 0 Å². The Morgan fingerprint density at radius 1 is 1.16 bits per heavy atom. The van der Waals surface area contributed by atoms with Crippen LogP contribution in [0.1, 0.15) is 58.4 Å². The van der Waals surface area contributed by atoms with E-state index in [4.69, 9.17) is 9.47 Å². The predicted octanol–water partition coefficient (Wildman–Crippen LogP) is 5.31. The van der Waals surface area contributed by atoms with Gasteiger partial charge in [-0.2, -0.15) is 0 Å². The molecular weight excluding hydrogens is 388 g/mol. The fourth-order valence-electron chi connectivity index (χ4n) is 4.92. The van der Waals surface area contributed by atoms with E-state index in [1.165, 1.54) is 40.3 Å². The molecule has 1 fully saturated rings. The van der Waals surface area contributed by atoms with Crippen LogP contribution in [0.3, 0.4) is 0 Å². The number of nitrogens with zero attached hydrogens (tertiary/aromatic N) is 1. The van der Waals surface area contributed by atoms with Crippen molar-refractivity contribution < 1.29 is 14.3 Å². The number of likely N-dealkylation sites (tertiary alicyclic amines) is 1. The van der Waals surface area contributed by atoms with Crippen LogP contribution in [0.2, 0.25) is 0 Å². The largest absolute Gasteiger partial charge is 0.465 e. The third-order valence-electron chi connectivity index (χ3n) is 6.52. The number of aryl methyl sites for hydroxylation is 2. The van der Waals surface area contributed by atoms with Crippen LogP contribution in [0.25, 0.3) is 10.9 Å². The molecule has 1 aliphatic heterocycles. The van der Waals surface area contributed by atoms with E-state index in [1.807, 2.05) is 18.3 Å². The summed E-state index contributed by atoms with van der Waals surface area (Å²) in [6.45, 7) is 9.04. The van der Waals surface area contributed by atoms with E-state index in [-0.39, 0.29) is 18.1 Å². The van der Waals surface area contributed by atoms with Gasteiger partial charge in [0, 0.05) is 42.8 Å². The van der Waals surface area contributed by atoms with Gasteiger partial charge < -0.3 is 14.5 Å². The van der Waals surface area contributed by atoms with Gasteiger partial charge in [-0.1, -0.05) is 18.2 Å². The average Bonchev–Trinajstić information content (AvgIpc) is 3.27. The number of carbonyl (C=O) groups is 1. The van der Waals surface area contributed by atoms with Crippen molar-refractivity contribution in [3.8, 4) is 0 Å². The van der Waals surface area contributed by atoms with Crippen molar-refractivity contribution in [1.82, 2.24) is 9.88 Å². The summed E-state index contributed by atoms with van der Waals surface area (Å²) < 4.78 is 10.9. The molecule has 5 heteroatoms. The lowest BCUT2D eigenvalue weighted by Gasteiger charge is -2.40. The van der Waals surface area contributed by atoms with Crippen molar-refractivity contribution >= 4 is 16.9 Å². The number of piperidine rings is 1. The molecule has 2 atom stereocenters. The molecule has 1 saturated heterocycles. The van der Waals surface area contributed by atoms with Crippen LogP contribution in [0.5, 0.6) is 0 Å². The quantitative estimate of drug-likeness (QED) is 0.549. The molecular formula is C26H32N2O3. The van der Waals surface area contributed by atoms with E-state index in [0.717, 1.165) is 32.5 Å². The van der Waals surface area contributed by atoms with Gasteiger partial charge in [0.25, 0.3) is 0 Å². The number of H-pyrrole nitrogens is 1. The molecule has 3 aromatic rings. The first-order valence-corrected chi connectivity index (χ1v) is 11.1. The molecule has 1 N–H and O–H groups in total. The van der Waals surface area contributed by atoms with Gasteiger partial charge in [0.05, 0.1) is 18.8 Å². The summed E-state index contributed by atoms with van der Waals surface area (Å²) in [6.07, 6.45) is 4.28. The molecule has 2 heterocycles. The van der Waals surface area contributed by atoms with Crippen LogP contribution < -0.4 is 0 Å². The summed E-state index contributed by atoms with van der Waals surface area (Å²) in [5.74, 6) is -0.302. The molecule has 164 valence electrons. The average molecular weight is 421 g/mol. The summed E-state index contributed by atoms with van der Waals surface area (Å²) in [6, 6.07) is 12.6. The monoisotopic (exact) mass is 420 g/mol. The van der Waals surface area contributed by atoms with E-state index in [2.05, 4.69) is 54.9 Å². The minimum absolute atomic E-state index is 0.242. The zero-order valence-corrected chi connectivity index (χ0v) is 18.9. The minimum Gasteiger partial charge on any atom is -0.465 e. The Labute approximate surface area is 184 Å². The highest BCUT2D eigenvalue weighted by atomic mass is 16.5. The second-order valence-electron chi connectivity index (χ2n) is 8.46. The van der Waals surface area contributed by atoms with E-state index in [1.54, 1.807) is 0 Å². The van der Waals surface area contributed by atoms with Gasteiger partial charge in [-0.3, -0.25) is 4.90 Å². The molecule has 0 spiro atoms. The number of hydrogen-bond acceptors (Lipinski definition) is 4. The lowest BCUT2D eigenvalue weighted by Crippen LogP contribution is -2.39. The van der Waals surface area contributed by atoms with E-state index < -0.39 is 0 Å². The Kier molecular flexibility index (Phi) is 6.44. The van der Waals surface area contributed by atoms with Crippen LogP contribution in [0, 0.1) is 13.8 Å². The second kappa shape index (κ2) is 9.25. The third kappa shape index (κ3) is 4.39.